The molecular formula is C13H19N3O3. The van der Waals surface area contributed by atoms with E-state index in [0.717, 1.165) is 11.4 Å². The van der Waals surface area contributed by atoms with Gasteiger partial charge >= 0.3 is 5.97 Å². The molecule has 0 bridgehead atoms. The molecule has 0 unspecified atom stereocenters. The number of anilines is 1. The van der Waals surface area contributed by atoms with Crippen molar-refractivity contribution in [1.29, 1.82) is 0 Å². The molecule has 19 heavy (non-hydrogen) atoms. The van der Waals surface area contributed by atoms with Gasteiger partial charge in [-0.05, 0) is 26.7 Å². The van der Waals surface area contributed by atoms with E-state index in [9.17, 15) is 4.79 Å². The van der Waals surface area contributed by atoms with E-state index in [2.05, 4.69) is 14.9 Å². The standard InChI is InChI=1S/C13H19N3O3/c1-3-19-12-9(2)11(14-8-15-12)16-6-4-10(5-7-16)13(17)18/h8,10H,3-7H2,1-2H3,(H,17,18). The highest BCUT2D eigenvalue weighted by atomic mass is 16.5. The van der Waals surface area contributed by atoms with E-state index in [1.807, 2.05) is 13.8 Å². The van der Waals surface area contributed by atoms with Crippen LogP contribution in [0.1, 0.15) is 25.3 Å². The number of piperidine rings is 1. The zero-order valence-electron chi connectivity index (χ0n) is 11.3. The van der Waals surface area contributed by atoms with Crippen molar-refractivity contribution in [2.24, 2.45) is 5.92 Å². The Hall–Kier alpha value is -1.85. The van der Waals surface area contributed by atoms with E-state index in [1.54, 1.807) is 0 Å². The van der Waals surface area contributed by atoms with Crippen molar-refractivity contribution in [2.45, 2.75) is 26.7 Å². The number of aromatic nitrogens is 2. The molecule has 1 fully saturated rings. The van der Waals surface area contributed by atoms with Gasteiger partial charge in [0.2, 0.25) is 5.88 Å². The molecule has 6 heteroatoms. The van der Waals surface area contributed by atoms with E-state index in [1.165, 1.54) is 6.33 Å². The number of nitrogens with zero attached hydrogens (tertiary/aromatic N) is 3. The molecule has 0 atom stereocenters. The molecule has 6 nitrogen and oxygen atoms in total. The maximum atomic E-state index is 10.9. The number of hydrogen-bond acceptors (Lipinski definition) is 5. The molecule has 0 saturated carbocycles. The SMILES string of the molecule is CCOc1ncnc(N2CCC(C(=O)O)CC2)c1C. The molecule has 1 aromatic heterocycles. The highest BCUT2D eigenvalue weighted by molar-refractivity contribution is 5.70. The van der Waals surface area contributed by atoms with Gasteiger partial charge in [0.05, 0.1) is 18.1 Å². The lowest BCUT2D eigenvalue weighted by atomic mass is 9.97. The number of carboxylic acids is 1. The van der Waals surface area contributed by atoms with Crippen LogP contribution in [0, 0.1) is 12.8 Å². The number of hydrogen-bond donors (Lipinski definition) is 1. The summed E-state index contributed by atoms with van der Waals surface area (Å²) in [5.41, 5.74) is 0.915. The first-order chi connectivity index (χ1) is 9.13. The third-order valence-corrected chi connectivity index (χ3v) is 3.44. The normalized spacial score (nSPS) is 16.4. The Balaban J connectivity index is 2.11. The first-order valence-electron chi connectivity index (χ1n) is 6.55. The number of carbonyl (C=O) groups is 1. The summed E-state index contributed by atoms with van der Waals surface area (Å²) in [4.78, 5) is 21.5. The lowest BCUT2D eigenvalue weighted by Gasteiger charge is -2.31. The van der Waals surface area contributed by atoms with Gasteiger partial charge in [-0.3, -0.25) is 4.79 Å². The summed E-state index contributed by atoms with van der Waals surface area (Å²) in [7, 11) is 0. The molecule has 1 aliphatic rings. The van der Waals surface area contributed by atoms with Crippen LogP contribution in [0.15, 0.2) is 6.33 Å². The van der Waals surface area contributed by atoms with Crippen LogP contribution in [-0.2, 0) is 4.79 Å². The number of ether oxygens (including phenoxy) is 1. The van der Waals surface area contributed by atoms with Gasteiger partial charge < -0.3 is 14.7 Å². The molecule has 2 heterocycles. The lowest BCUT2D eigenvalue weighted by molar-refractivity contribution is -0.142. The van der Waals surface area contributed by atoms with Gasteiger partial charge in [-0.25, -0.2) is 9.97 Å². The highest BCUT2D eigenvalue weighted by Crippen LogP contribution is 2.27. The van der Waals surface area contributed by atoms with Crippen molar-refractivity contribution in [3.8, 4) is 5.88 Å². The summed E-state index contributed by atoms with van der Waals surface area (Å²) in [5.74, 6) is 0.522. The van der Waals surface area contributed by atoms with Gasteiger partial charge in [0.15, 0.2) is 0 Å². The van der Waals surface area contributed by atoms with E-state index >= 15 is 0 Å². The zero-order valence-corrected chi connectivity index (χ0v) is 11.3. The monoisotopic (exact) mass is 265 g/mol. The quantitative estimate of drug-likeness (QED) is 0.888. The minimum absolute atomic E-state index is 0.232. The van der Waals surface area contributed by atoms with Crippen LogP contribution in [0.3, 0.4) is 0 Å². The second-order valence-corrected chi connectivity index (χ2v) is 4.66. The summed E-state index contributed by atoms with van der Waals surface area (Å²) in [6.45, 7) is 5.84. The second kappa shape index (κ2) is 5.86. The Morgan fingerprint density at radius 3 is 2.74 bits per heavy atom. The lowest BCUT2D eigenvalue weighted by Crippen LogP contribution is -2.37. The fourth-order valence-electron chi connectivity index (χ4n) is 2.36. The molecule has 1 aromatic rings. The summed E-state index contributed by atoms with van der Waals surface area (Å²) in [6, 6.07) is 0. The van der Waals surface area contributed by atoms with Crippen molar-refractivity contribution in [3.05, 3.63) is 11.9 Å². The minimum atomic E-state index is -0.700. The fraction of sp³-hybridized carbons (Fsp3) is 0.615. The molecule has 0 amide bonds. The van der Waals surface area contributed by atoms with E-state index in [-0.39, 0.29) is 5.92 Å². The molecule has 0 aliphatic carbocycles. The average molecular weight is 265 g/mol. The molecule has 104 valence electrons. The predicted molar refractivity (Wildman–Crippen MR) is 70.5 cm³/mol. The molecule has 1 aliphatic heterocycles. The van der Waals surface area contributed by atoms with Crippen molar-refractivity contribution in [2.75, 3.05) is 24.6 Å². The van der Waals surface area contributed by atoms with E-state index in [0.29, 0.717) is 38.4 Å². The van der Waals surface area contributed by atoms with Crippen LogP contribution in [-0.4, -0.2) is 40.7 Å². The van der Waals surface area contributed by atoms with Gasteiger partial charge in [-0.2, -0.15) is 0 Å². The summed E-state index contributed by atoms with van der Waals surface area (Å²) in [6.07, 6.45) is 2.81. The first kappa shape index (κ1) is 13.6. The number of aliphatic carboxylic acids is 1. The average Bonchev–Trinajstić information content (AvgIpc) is 2.41. The zero-order chi connectivity index (χ0) is 13.8. The predicted octanol–water partition coefficient (Wildman–Crippen LogP) is 1.48. The van der Waals surface area contributed by atoms with Gasteiger partial charge in [-0.15, -0.1) is 0 Å². The maximum absolute atomic E-state index is 10.9. The maximum Gasteiger partial charge on any atom is 0.306 e. The van der Waals surface area contributed by atoms with Gasteiger partial charge in [0, 0.05) is 13.1 Å². The van der Waals surface area contributed by atoms with Crippen LogP contribution >= 0.6 is 0 Å². The van der Waals surface area contributed by atoms with Gasteiger partial charge in [0.1, 0.15) is 12.1 Å². The van der Waals surface area contributed by atoms with Crippen molar-refractivity contribution in [3.63, 3.8) is 0 Å². The number of rotatable bonds is 4. The molecule has 0 radical (unpaired) electrons. The first-order valence-corrected chi connectivity index (χ1v) is 6.55. The Kier molecular flexibility index (Phi) is 4.19. The van der Waals surface area contributed by atoms with Crippen LogP contribution in [0.5, 0.6) is 5.88 Å². The Morgan fingerprint density at radius 2 is 2.16 bits per heavy atom. The molecular weight excluding hydrogens is 246 g/mol. The van der Waals surface area contributed by atoms with Crippen LogP contribution in [0.25, 0.3) is 0 Å². The topological polar surface area (TPSA) is 75.6 Å². The summed E-state index contributed by atoms with van der Waals surface area (Å²) < 4.78 is 5.46. The molecule has 2 rings (SSSR count). The van der Waals surface area contributed by atoms with Gasteiger partial charge in [-0.1, -0.05) is 0 Å². The smallest absolute Gasteiger partial charge is 0.306 e. The summed E-state index contributed by atoms with van der Waals surface area (Å²) >= 11 is 0. The Bertz CT molecular complexity index is 456. The molecule has 1 N–H and O–H groups in total. The molecule has 1 saturated heterocycles. The van der Waals surface area contributed by atoms with Crippen molar-refractivity contribution in [1.82, 2.24) is 9.97 Å². The number of carboxylic acid groups (broad SMARTS) is 1. The molecule has 0 spiro atoms. The van der Waals surface area contributed by atoms with Crippen LogP contribution in [0.4, 0.5) is 5.82 Å². The largest absolute Gasteiger partial charge is 0.481 e. The van der Waals surface area contributed by atoms with Crippen molar-refractivity contribution < 1.29 is 14.6 Å². The van der Waals surface area contributed by atoms with Gasteiger partial charge in [0.25, 0.3) is 0 Å². The molecule has 0 aromatic carbocycles. The third-order valence-electron chi connectivity index (χ3n) is 3.44. The van der Waals surface area contributed by atoms with Crippen LogP contribution in [0.2, 0.25) is 0 Å². The Labute approximate surface area is 112 Å². The van der Waals surface area contributed by atoms with Crippen LogP contribution < -0.4 is 9.64 Å². The van der Waals surface area contributed by atoms with Crippen molar-refractivity contribution >= 4 is 11.8 Å². The summed E-state index contributed by atoms with van der Waals surface area (Å²) in [5, 5.41) is 9.00. The highest BCUT2D eigenvalue weighted by Gasteiger charge is 2.26. The Morgan fingerprint density at radius 1 is 1.47 bits per heavy atom. The third kappa shape index (κ3) is 2.94. The second-order valence-electron chi connectivity index (χ2n) is 4.66. The fourth-order valence-corrected chi connectivity index (χ4v) is 2.36. The van der Waals surface area contributed by atoms with E-state index < -0.39 is 5.97 Å². The van der Waals surface area contributed by atoms with E-state index in [4.69, 9.17) is 9.84 Å². The minimum Gasteiger partial charge on any atom is -0.481 e.